The van der Waals surface area contributed by atoms with Crippen molar-refractivity contribution in [1.29, 1.82) is 0 Å². The summed E-state index contributed by atoms with van der Waals surface area (Å²) in [4.78, 5) is 0. The first-order chi connectivity index (χ1) is 8.57. The minimum absolute atomic E-state index is 0.104. The highest BCUT2D eigenvalue weighted by atomic mass is 32.3. The third-order valence-corrected chi connectivity index (χ3v) is 7.74. The summed E-state index contributed by atoms with van der Waals surface area (Å²) in [6.45, 7) is 0. The third kappa shape index (κ3) is 4.14. The minimum atomic E-state index is -4.14. The molecule has 2 rings (SSSR count). The molecule has 2 aliphatic rings. The maximum absolute atomic E-state index is 11.5. The largest absolute Gasteiger partial charge is 0.747 e. The maximum Gasteiger partial charge on any atom is 0.107 e. The zero-order chi connectivity index (χ0) is 13.0. The van der Waals surface area contributed by atoms with Crippen LogP contribution < -0.4 is 0 Å². The average Bonchev–Trinajstić information content (AvgIpc) is 2.82. The van der Waals surface area contributed by atoms with Crippen LogP contribution in [0.5, 0.6) is 0 Å². The van der Waals surface area contributed by atoms with E-state index in [0.29, 0.717) is 5.92 Å². The van der Waals surface area contributed by atoms with Crippen LogP contribution in [0.15, 0.2) is 0 Å². The van der Waals surface area contributed by atoms with Gasteiger partial charge in [0.25, 0.3) is 0 Å². The molecule has 0 amide bonds. The van der Waals surface area contributed by atoms with Crippen LogP contribution in [0.4, 0.5) is 0 Å². The van der Waals surface area contributed by atoms with Crippen LogP contribution in [-0.2, 0) is 10.1 Å². The first kappa shape index (κ1) is 14.7. The third-order valence-electron chi connectivity index (χ3n) is 4.29. The summed E-state index contributed by atoms with van der Waals surface area (Å²) in [7, 11) is -4.14. The summed E-state index contributed by atoms with van der Waals surface area (Å²) < 4.78 is 33.7. The molecule has 18 heavy (non-hydrogen) atoms. The topological polar surface area (TPSA) is 57.2 Å². The van der Waals surface area contributed by atoms with Crippen LogP contribution in [0, 0.1) is 11.8 Å². The molecule has 0 heterocycles. The van der Waals surface area contributed by atoms with Crippen LogP contribution in [0.3, 0.4) is 0 Å². The first-order valence-electron chi connectivity index (χ1n) is 7.13. The lowest BCUT2D eigenvalue weighted by Crippen LogP contribution is -2.29. The van der Waals surface area contributed by atoms with E-state index >= 15 is 0 Å². The van der Waals surface area contributed by atoms with Crippen LogP contribution in [-0.4, -0.2) is 23.3 Å². The molecule has 0 radical (unpaired) electrons. The summed E-state index contributed by atoms with van der Waals surface area (Å²) in [6, 6.07) is 0. The quantitative estimate of drug-likeness (QED) is 0.729. The summed E-state index contributed by atoms with van der Waals surface area (Å²) in [5.41, 5.74) is 0. The van der Waals surface area contributed by atoms with Crippen LogP contribution in [0.2, 0.25) is 0 Å². The first-order valence-corrected chi connectivity index (χ1v) is 9.65. The van der Waals surface area contributed by atoms with Gasteiger partial charge >= 0.3 is 0 Å². The predicted octanol–water partition coefficient (Wildman–Crippen LogP) is 3.36. The SMILES string of the molecule is O=S(=O)([O-])C(SCC1CCCC1)C1CCCCC1. The lowest BCUT2D eigenvalue weighted by molar-refractivity contribution is 0.359. The Labute approximate surface area is 115 Å². The highest BCUT2D eigenvalue weighted by Gasteiger charge is 2.30. The Balaban J connectivity index is 1.91. The van der Waals surface area contributed by atoms with Crippen molar-refractivity contribution in [2.45, 2.75) is 62.4 Å². The molecular weight excluding hydrogens is 268 g/mol. The van der Waals surface area contributed by atoms with E-state index in [1.165, 1.54) is 43.9 Å². The van der Waals surface area contributed by atoms with Gasteiger partial charge in [-0.2, -0.15) is 0 Å². The minimum Gasteiger partial charge on any atom is -0.747 e. The molecule has 2 aliphatic carbocycles. The monoisotopic (exact) mass is 291 g/mol. The van der Waals surface area contributed by atoms with Crippen molar-refractivity contribution in [3.63, 3.8) is 0 Å². The summed E-state index contributed by atoms with van der Waals surface area (Å²) in [5, 5.41) is 0. The van der Waals surface area contributed by atoms with Crippen molar-refractivity contribution in [2.24, 2.45) is 11.8 Å². The van der Waals surface area contributed by atoms with E-state index in [-0.39, 0.29) is 5.92 Å². The molecule has 0 aromatic rings. The molecule has 0 saturated heterocycles. The highest BCUT2D eigenvalue weighted by molar-refractivity contribution is 8.11. The molecule has 0 N–H and O–H groups in total. The molecule has 0 aromatic carbocycles. The highest BCUT2D eigenvalue weighted by Crippen LogP contribution is 2.38. The second kappa shape index (κ2) is 6.62. The van der Waals surface area contributed by atoms with Gasteiger partial charge in [0.2, 0.25) is 0 Å². The molecule has 2 saturated carbocycles. The number of hydrogen-bond acceptors (Lipinski definition) is 4. The Morgan fingerprint density at radius 1 is 1.00 bits per heavy atom. The van der Waals surface area contributed by atoms with Crippen molar-refractivity contribution in [1.82, 2.24) is 0 Å². The van der Waals surface area contributed by atoms with E-state index in [1.807, 2.05) is 0 Å². The molecule has 0 bridgehead atoms. The smallest absolute Gasteiger partial charge is 0.107 e. The molecule has 0 aliphatic heterocycles. The Kier molecular flexibility index (Phi) is 5.39. The van der Waals surface area contributed by atoms with E-state index < -0.39 is 14.7 Å². The van der Waals surface area contributed by atoms with Crippen molar-refractivity contribution < 1.29 is 13.0 Å². The Hall–Kier alpha value is 0.260. The molecule has 1 atom stereocenters. The Morgan fingerprint density at radius 3 is 2.11 bits per heavy atom. The molecule has 106 valence electrons. The van der Waals surface area contributed by atoms with Gasteiger partial charge in [0.1, 0.15) is 10.1 Å². The summed E-state index contributed by atoms with van der Waals surface area (Å²) >= 11 is 1.43. The van der Waals surface area contributed by atoms with E-state index in [2.05, 4.69) is 0 Å². The fraction of sp³-hybridized carbons (Fsp3) is 1.00. The molecule has 2 fully saturated rings. The molecular formula is C13H23O3S2-. The predicted molar refractivity (Wildman–Crippen MR) is 74.5 cm³/mol. The summed E-state index contributed by atoms with van der Waals surface area (Å²) in [6.07, 6.45) is 10.2. The van der Waals surface area contributed by atoms with Crippen molar-refractivity contribution >= 4 is 21.9 Å². The van der Waals surface area contributed by atoms with Gasteiger partial charge in [-0.3, -0.25) is 0 Å². The van der Waals surface area contributed by atoms with Crippen LogP contribution >= 0.6 is 11.8 Å². The molecule has 3 nitrogen and oxygen atoms in total. The Bertz CT molecular complexity index is 341. The lowest BCUT2D eigenvalue weighted by atomic mass is 9.91. The number of thioether (sulfide) groups is 1. The van der Waals surface area contributed by atoms with E-state index in [1.54, 1.807) is 0 Å². The van der Waals surface area contributed by atoms with Crippen LogP contribution in [0.1, 0.15) is 57.8 Å². The van der Waals surface area contributed by atoms with E-state index in [9.17, 15) is 13.0 Å². The molecule has 1 unspecified atom stereocenters. The second-order valence-corrected chi connectivity index (χ2v) is 8.71. The zero-order valence-electron chi connectivity index (χ0n) is 10.8. The van der Waals surface area contributed by atoms with Crippen molar-refractivity contribution in [2.75, 3.05) is 5.75 Å². The fourth-order valence-electron chi connectivity index (χ4n) is 3.27. The van der Waals surface area contributed by atoms with Crippen LogP contribution in [0.25, 0.3) is 0 Å². The standard InChI is InChI=1S/C13H24O3S2/c14-18(15,16)13(12-8-2-1-3-9-12)17-10-11-6-4-5-7-11/h11-13H,1-10H2,(H,14,15,16)/p-1. The number of rotatable bonds is 5. The van der Waals surface area contributed by atoms with Gasteiger partial charge in [0, 0.05) is 0 Å². The molecule has 5 heteroatoms. The Morgan fingerprint density at radius 2 is 1.56 bits per heavy atom. The second-order valence-electron chi connectivity index (χ2n) is 5.74. The normalized spacial score (nSPS) is 25.4. The fourth-order valence-corrected chi connectivity index (χ4v) is 6.25. The van der Waals surface area contributed by atoms with Gasteiger partial charge < -0.3 is 4.55 Å². The van der Waals surface area contributed by atoms with Gasteiger partial charge in [-0.25, -0.2) is 8.42 Å². The van der Waals surface area contributed by atoms with E-state index in [0.717, 1.165) is 31.4 Å². The average molecular weight is 291 g/mol. The van der Waals surface area contributed by atoms with Gasteiger partial charge in [-0.15, -0.1) is 11.8 Å². The van der Waals surface area contributed by atoms with E-state index in [4.69, 9.17) is 0 Å². The zero-order valence-corrected chi connectivity index (χ0v) is 12.5. The van der Waals surface area contributed by atoms with Gasteiger partial charge in [0.15, 0.2) is 0 Å². The van der Waals surface area contributed by atoms with Crippen molar-refractivity contribution in [3.05, 3.63) is 0 Å². The summed E-state index contributed by atoms with van der Waals surface area (Å²) in [5.74, 6) is 1.61. The van der Waals surface area contributed by atoms with Gasteiger partial charge in [-0.05, 0) is 43.3 Å². The molecule has 0 aromatic heterocycles. The van der Waals surface area contributed by atoms with Crippen molar-refractivity contribution in [3.8, 4) is 0 Å². The van der Waals surface area contributed by atoms with Gasteiger partial charge in [-0.1, -0.05) is 32.1 Å². The maximum atomic E-state index is 11.5. The molecule has 0 spiro atoms. The number of hydrogen-bond donors (Lipinski definition) is 0. The van der Waals surface area contributed by atoms with Gasteiger partial charge in [0.05, 0.1) is 4.58 Å². The lowest BCUT2D eigenvalue weighted by Gasteiger charge is -2.32.